The van der Waals surface area contributed by atoms with Gasteiger partial charge in [-0.25, -0.2) is 0 Å². The second-order valence-electron chi connectivity index (χ2n) is 5.88. The van der Waals surface area contributed by atoms with Gasteiger partial charge in [-0.15, -0.1) is 10.2 Å². The molecule has 5 nitrogen and oxygen atoms in total. The Morgan fingerprint density at radius 1 is 1.33 bits per heavy atom. The number of aromatic nitrogens is 3. The zero-order valence-electron chi connectivity index (χ0n) is 13.1. The summed E-state index contributed by atoms with van der Waals surface area (Å²) < 4.78 is 41.1. The molecule has 0 unspecified atom stereocenters. The molecule has 1 aliphatic carbocycles. The lowest BCUT2D eigenvalue weighted by Gasteiger charge is -2.24. The van der Waals surface area contributed by atoms with Crippen molar-refractivity contribution in [3.63, 3.8) is 0 Å². The van der Waals surface area contributed by atoms with Gasteiger partial charge in [0.25, 0.3) is 0 Å². The largest absolute Gasteiger partial charge is 0.418 e. The van der Waals surface area contributed by atoms with Crippen molar-refractivity contribution in [3.05, 3.63) is 41.0 Å². The number of hydrogen-bond acceptors (Lipinski definition) is 4. The first-order chi connectivity index (χ1) is 11.4. The lowest BCUT2D eigenvalue weighted by molar-refractivity contribution is -0.137. The van der Waals surface area contributed by atoms with Gasteiger partial charge in [-0.3, -0.25) is 0 Å². The van der Waals surface area contributed by atoms with Crippen molar-refractivity contribution in [1.29, 1.82) is 5.26 Å². The third kappa shape index (κ3) is 3.07. The second-order valence-corrected chi connectivity index (χ2v) is 5.88. The van der Waals surface area contributed by atoms with Crippen LogP contribution in [-0.4, -0.2) is 14.8 Å². The van der Waals surface area contributed by atoms with Crippen LogP contribution in [-0.2, 0) is 19.8 Å². The van der Waals surface area contributed by atoms with E-state index in [-0.39, 0.29) is 17.8 Å². The van der Waals surface area contributed by atoms with E-state index in [1.807, 2.05) is 17.7 Å². The molecule has 8 heteroatoms. The lowest BCUT2D eigenvalue weighted by atomic mass is 9.85. The van der Waals surface area contributed by atoms with Gasteiger partial charge in [0.15, 0.2) is 5.82 Å². The molecule has 24 heavy (non-hydrogen) atoms. The van der Waals surface area contributed by atoms with Crippen LogP contribution < -0.4 is 5.32 Å². The summed E-state index contributed by atoms with van der Waals surface area (Å²) in [5.74, 6) is 1.83. The molecule has 126 valence electrons. The van der Waals surface area contributed by atoms with Gasteiger partial charge in [0.05, 0.1) is 23.7 Å². The molecule has 1 heterocycles. The molecule has 0 spiro atoms. The topological polar surface area (TPSA) is 66.5 Å². The van der Waals surface area contributed by atoms with E-state index in [9.17, 15) is 13.2 Å². The highest BCUT2D eigenvalue weighted by molar-refractivity contribution is 5.57. The molecule has 0 saturated heterocycles. The molecule has 0 amide bonds. The third-order valence-corrected chi connectivity index (χ3v) is 4.36. The Balaban J connectivity index is 1.81. The standard InChI is InChI=1S/C16H16F3N5/c1-24-14(22-23-15(24)11-3-2-4-11)9-21-13-7-10(8-20)5-6-12(13)16(17,18)19/h5-7,11,21H,2-4,9H2,1H3. The van der Waals surface area contributed by atoms with Crippen LogP contribution in [0.2, 0.25) is 0 Å². The summed E-state index contributed by atoms with van der Waals surface area (Å²) in [5, 5.41) is 19.9. The maximum Gasteiger partial charge on any atom is 0.418 e. The summed E-state index contributed by atoms with van der Waals surface area (Å²) in [5.41, 5.74) is -0.767. The number of nitrogens with one attached hydrogen (secondary N) is 1. The molecule has 0 radical (unpaired) electrons. The van der Waals surface area contributed by atoms with Crippen LogP contribution in [0.5, 0.6) is 0 Å². The van der Waals surface area contributed by atoms with Gasteiger partial charge in [-0.05, 0) is 31.0 Å². The number of nitriles is 1. The summed E-state index contributed by atoms with van der Waals surface area (Å²) in [6.07, 6.45) is -1.18. The fourth-order valence-corrected chi connectivity index (χ4v) is 2.73. The fraction of sp³-hybridized carbons (Fsp3) is 0.438. The van der Waals surface area contributed by atoms with Crippen molar-refractivity contribution in [2.75, 3.05) is 5.32 Å². The SMILES string of the molecule is Cn1c(CNc2cc(C#N)ccc2C(F)(F)F)nnc1C1CCC1. The Morgan fingerprint density at radius 2 is 2.08 bits per heavy atom. The zero-order valence-corrected chi connectivity index (χ0v) is 13.1. The highest BCUT2D eigenvalue weighted by Crippen LogP contribution is 2.36. The van der Waals surface area contributed by atoms with Crippen LogP contribution in [0.4, 0.5) is 18.9 Å². The predicted molar refractivity (Wildman–Crippen MR) is 81.1 cm³/mol. The van der Waals surface area contributed by atoms with Crippen LogP contribution >= 0.6 is 0 Å². The van der Waals surface area contributed by atoms with E-state index in [0.29, 0.717) is 11.7 Å². The minimum atomic E-state index is -4.49. The minimum Gasteiger partial charge on any atom is -0.377 e. The third-order valence-electron chi connectivity index (χ3n) is 4.36. The van der Waals surface area contributed by atoms with Crippen molar-refractivity contribution in [2.45, 2.75) is 37.9 Å². The molecule has 1 aromatic carbocycles. The monoisotopic (exact) mass is 335 g/mol. The average Bonchev–Trinajstić information content (AvgIpc) is 2.83. The van der Waals surface area contributed by atoms with Gasteiger partial charge in [0.1, 0.15) is 5.82 Å². The van der Waals surface area contributed by atoms with Crippen molar-refractivity contribution >= 4 is 5.69 Å². The van der Waals surface area contributed by atoms with Crippen LogP contribution in [0, 0.1) is 11.3 Å². The first kappa shape index (κ1) is 16.3. The van der Waals surface area contributed by atoms with Crippen LogP contribution in [0.3, 0.4) is 0 Å². The molecule has 0 bridgehead atoms. The molecule has 0 atom stereocenters. The van der Waals surface area contributed by atoms with Gasteiger partial charge in [0.2, 0.25) is 0 Å². The van der Waals surface area contributed by atoms with Crippen molar-refractivity contribution in [3.8, 4) is 6.07 Å². The van der Waals surface area contributed by atoms with Crippen molar-refractivity contribution < 1.29 is 13.2 Å². The number of anilines is 1. The van der Waals surface area contributed by atoms with Crippen LogP contribution in [0.1, 0.15) is 48.0 Å². The Bertz CT molecular complexity index is 784. The normalized spacial score (nSPS) is 15.0. The first-order valence-electron chi connectivity index (χ1n) is 7.63. The number of benzene rings is 1. The smallest absolute Gasteiger partial charge is 0.377 e. The van der Waals surface area contributed by atoms with E-state index in [4.69, 9.17) is 5.26 Å². The Kier molecular flexibility index (Phi) is 4.18. The van der Waals surface area contributed by atoms with E-state index >= 15 is 0 Å². The van der Waals surface area contributed by atoms with E-state index in [1.54, 1.807) is 0 Å². The molecule has 3 rings (SSSR count). The summed E-state index contributed by atoms with van der Waals surface area (Å²) in [4.78, 5) is 0. The molecule has 0 aliphatic heterocycles. The summed E-state index contributed by atoms with van der Waals surface area (Å²) >= 11 is 0. The summed E-state index contributed by atoms with van der Waals surface area (Å²) in [6.45, 7) is 0.105. The summed E-state index contributed by atoms with van der Waals surface area (Å²) in [7, 11) is 1.82. The number of halogens is 3. The van der Waals surface area contributed by atoms with E-state index in [1.165, 1.54) is 12.5 Å². The molecule has 2 aromatic rings. The first-order valence-corrected chi connectivity index (χ1v) is 7.63. The highest BCUT2D eigenvalue weighted by atomic mass is 19.4. The molecule has 1 N–H and O–H groups in total. The number of alkyl halides is 3. The maximum absolute atomic E-state index is 13.1. The van der Waals surface area contributed by atoms with Crippen LogP contribution in [0.15, 0.2) is 18.2 Å². The molecular weight excluding hydrogens is 319 g/mol. The number of nitrogens with zero attached hydrogens (tertiary/aromatic N) is 4. The van der Waals surface area contributed by atoms with E-state index in [0.717, 1.165) is 30.8 Å². The van der Waals surface area contributed by atoms with Gasteiger partial charge in [0, 0.05) is 18.7 Å². The molecule has 1 saturated carbocycles. The quantitative estimate of drug-likeness (QED) is 0.927. The lowest BCUT2D eigenvalue weighted by Crippen LogP contribution is -2.16. The van der Waals surface area contributed by atoms with Crippen LogP contribution in [0.25, 0.3) is 0 Å². The Hall–Kier alpha value is -2.56. The predicted octanol–water partition coefficient (Wildman–Crippen LogP) is 3.59. The minimum absolute atomic E-state index is 0.105. The fourth-order valence-electron chi connectivity index (χ4n) is 2.73. The van der Waals surface area contributed by atoms with Gasteiger partial charge in [-0.1, -0.05) is 6.42 Å². The van der Waals surface area contributed by atoms with Gasteiger partial charge in [-0.2, -0.15) is 18.4 Å². The van der Waals surface area contributed by atoms with Crippen molar-refractivity contribution in [2.24, 2.45) is 7.05 Å². The summed E-state index contributed by atoms with van der Waals surface area (Å²) in [6, 6.07) is 5.12. The van der Waals surface area contributed by atoms with E-state index < -0.39 is 11.7 Å². The number of rotatable bonds is 4. The molecule has 1 fully saturated rings. The maximum atomic E-state index is 13.1. The highest BCUT2D eigenvalue weighted by Gasteiger charge is 2.33. The second kappa shape index (κ2) is 6.15. The van der Waals surface area contributed by atoms with E-state index in [2.05, 4.69) is 15.5 Å². The van der Waals surface area contributed by atoms with Crippen molar-refractivity contribution in [1.82, 2.24) is 14.8 Å². The molecule has 1 aromatic heterocycles. The average molecular weight is 335 g/mol. The Morgan fingerprint density at radius 3 is 2.67 bits per heavy atom. The zero-order chi connectivity index (χ0) is 17.3. The number of hydrogen-bond donors (Lipinski definition) is 1. The Labute approximate surface area is 137 Å². The van der Waals surface area contributed by atoms with Gasteiger partial charge >= 0.3 is 6.18 Å². The molecule has 1 aliphatic rings. The molecular formula is C16H16F3N5. The van der Waals surface area contributed by atoms with Gasteiger partial charge < -0.3 is 9.88 Å².